The second-order valence-electron chi connectivity index (χ2n) is 7.32. The molecule has 0 fully saturated rings. The Hall–Kier alpha value is -1.78. The smallest absolute Gasteiger partial charge is 0.250 e. The Bertz CT molecular complexity index is 517. The van der Waals surface area contributed by atoms with Crippen LogP contribution >= 0.6 is 0 Å². The van der Waals surface area contributed by atoms with E-state index in [1.807, 2.05) is 33.8 Å². The molecule has 0 bridgehead atoms. The molecule has 1 aliphatic rings. The van der Waals surface area contributed by atoms with Gasteiger partial charge < -0.3 is 15.0 Å². The highest BCUT2D eigenvalue weighted by molar-refractivity contribution is 5.91. The van der Waals surface area contributed by atoms with Gasteiger partial charge in [-0.2, -0.15) is 0 Å². The SMILES string of the molecule is C=C1C=C(OC)[C@@H](CCC)N1C(=O)[C@H](CCC)NC(=O)C(C)(C)C. The molecule has 1 rings (SSSR count). The van der Waals surface area contributed by atoms with Crippen molar-refractivity contribution in [1.29, 1.82) is 0 Å². The zero-order chi connectivity index (χ0) is 18.5. The number of rotatable bonds is 7. The van der Waals surface area contributed by atoms with Crippen LogP contribution in [0.1, 0.15) is 60.3 Å². The topological polar surface area (TPSA) is 58.6 Å². The molecule has 5 heteroatoms. The molecule has 0 saturated carbocycles. The zero-order valence-corrected chi connectivity index (χ0v) is 15.9. The second kappa shape index (κ2) is 8.36. The van der Waals surface area contributed by atoms with E-state index in [-0.39, 0.29) is 17.9 Å². The number of ether oxygens (including phenoxy) is 1. The van der Waals surface area contributed by atoms with E-state index in [1.54, 1.807) is 12.0 Å². The van der Waals surface area contributed by atoms with E-state index in [0.717, 1.165) is 25.0 Å². The van der Waals surface area contributed by atoms with E-state index in [0.29, 0.717) is 12.1 Å². The minimum absolute atomic E-state index is 0.110. The molecular formula is C19H32N2O3. The van der Waals surface area contributed by atoms with Crippen LogP contribution in [0.2, 0.25) is 0 Å². The van der Waals surface area contributed by atoms with Gasteiger partial charge >= 0.3 is 0 Å². The predicted octanol–water partition coefficient (Wildman–Crippen LogP) is 3.37. The highest BCUT2D eigenvalue weighted by Crippen LogP contribution is 2.30. The van der Waals surface area contributed by atoms with Crippen molar-refractivity contribution in [2.75, 3.05) is 7.11 Å². The highest BCUT2D eigenvalue weighted by Gasteiger charge is 2.38. The fraction of sp³-hybridized carbons (Fsp3) is 0.684. The number of hydrogen-bond donors (Lipinski definition) is 1. The van der Waals surface area contributed by atoms with Crippen molar-refractivity contribution in [1.82, 2.24) is 10.2 Å². The lowest BCUT2D eigenvalue weighted by molar-refractivity contribution is -0.138. The molecule has 0 saturated heterocycles. The first-order valence-electron chi connectivity index (χ1n) is 8.75. The molecule has 1 heterocycles. The molecule has 1 aliphatic heterocycles. The third-order valence-corrected chi connectivity index (χ3v) is 4.16. The maximum atomic E-state index is 13.1. The number of allylic oxidation sites excluding steroid dienone is 1. The van der Waals surface area contributed by atoms with Gasteiger partial charge in [-0.05, 0) is 12.8 Å². The summed E-state index contributed by atoms with van der Waals surface area (Å²) >= 11 is 0. The number of methoxy groups -OCH3 is 1. The summed E-state index contributed by atoms with van der Waals surface area (Å²) in [5, 5.41) is 2.92. The van der Waals surface area contributed by atoms with E-state index in [2.05, 4.69) is 18.8 Å². The first-order chi connectivity index (χ1) is 11.2. The Morgan fingerprint density at radius 2 is 1.96 bits per heavy atom. The fourth-order valence-electron chi connectivity index (χ4n) is 2.78. The largest absolute Gasteiger partial charge is 0.499 e. The quantitative estimate of drug-likeness (QED) is 0.775. The standard InChI is InChI=1S/C19H32N2O3/c1-8-10-14(20-18(23)19(4,5)6)17(22)21-13(3)12-16(24-7)15(21)11-9-2/h12,14-15H,3,8-11H2,1-2,4-7H3,(H,20,23)/t14-,15+/m0/s1. The minimum Gasteiger partial charge on any atom is -0.499 e. The Morgan fingerprint density at radius 3 is 2.42 bits per heavy atom. The third kappa shape index (κ3) is 4.62. The Labute approximate surface area is 146 Å². The van der Waals surface area contributed by atoms with Gasteiger partial charge in [0.2, 0.25) is 11.8 Å². The molecule has 0 aromatic heterocycles. The van der Waals surface area contributed by atoms with Crippen molar-refractivity contribution in [2.24, 2.45) is 5.41 Å². The Morgan fingerprint density at radius 1 is 1.33 bits per heavy atom. The van der Waals surface area contributed by atoms with Gasteiger partial charge in [0.25, 0.3) is 0 Å². The van der Waals surface area contributed by atoms with Crippen molar-refractivity contribution in [3.8, 4) is 0 Å². The maximum Gasteiger partial charge on any atom is 0.250 e. The van der Waals surface area contributed by atoms with Crippen molar-refractivity contribution in [3.63, 3.8) is 0 Å². The van der Waals surface area contributed by atoms with Crippen molar-refractivity contribution in [3.05, 3.63) is 24.1 Å². The molecular weight excluding hydrogens is 304 g/mol. The number of carbonyl (C=O) groups is 2. The van der Waals surface area contributed by atoms with Gasteiger partial charge in [-0.1, -0.05) is 54.0 Å². The summed E-state index contributed by atoms with van der Waals surface area (Å²) in [6.45, 7) is 13.6. The van der Waals surface area contributed by atoms with E-state index >= 15 is 0 Å². The maximum absolute atomic E-state index is 13.1. The lowest BCUT2D eigenvalue weighted by atomic mass is 9.94. The number of amides is 2. The minimum atomic E-state index is -0.539. The van der Waals surface area contributed by atoms with E-state index in [1.165, 1.54) is 0 Å². The average Bonchev–Trinajstić information content (AvgIpc) is 2.81. The van der Waals surface area contributed by atoms with Crippen LogP contribution in [-0.4, -0.2) is 35.9 Å². The van der Waals surface area contributed by atoms with Gasteiger partial charge in [0.05, 0.1) is 13.2 Å². The molecule has 5 nitrogen and oxygen atoms in total. The van der Waals surface area contributed by atoms with Crippen LogP contribution in [0, 0.1) is 5.41 Å². The fourth-order valence-corrected chi connectivity index (χ4v) is 2.78. The molecule has 136 valence electrons. The van der Waals surface area contributed by atoms with E-state index < -0.39 is 11.5 Å². The molecule has 2 atom stereocenters. The van der Waals surface area contributed by atoms with Gasteiger partial charge in [0.15, 0.2) is 0 Å². The van der Waals surface area contributed by atoms with Crippen LogP contribution in [0.15, 0.2) is 24.1 Å². The zero-order valence-electron chi connectivity index (χ0n) is 15.9. The van der Waals surface area contributed by atoms with Gasteiger partial charge in [0.1, 0.15) is 11.8 Å². The predicted molar refractivity (Wildman–Crippen MR) is 96.1 cm³/mol. The highest BCUT2D eigenvalue weighted by atomic mass is 16.5. The van der Waals surface area contributed by atoms with E-state index in [9.17, 15) is 9.59 Å². The molecule has 24 heavy (non-hydrogen) atoms. The first-order valence-corrected chi connectivity index (χ1v) is 8.75. The van der Waals surface area contributed by atoms with Crippen molar-refractivity contribution in [2.45, 2.75) is 72.4 Å². The first kappa shape index (κ1) is 20.3. The van der Waals surface area contributed by atoms with E-state index in [4.69, 9.17) is 4.74 Å². The molecule has 0 aliphatic carbocycles. The van der Waals surface area contributed by atoms with Crippen LogP contribution in [0.25, 0.3) is 0 Å². The number of carbonyl (C=O) groups excluding carboxylic acids is 2. The van der Waals surface area contributed by atoms with Crippen molar-refractivity contribution >= 4 is 11.8 Å². The van der Waals surface area contributed by atoms with Crippen LogP contribution < -0.4 is 5.32 Å². The summed E-state index contributed by atoms with van der Waals surface area (Å²) in [6.07, 6.45) is 4.95. The van der Waals surface area contributed by atoms with Gasteiger partial charge in [-0.15, -0.1) is 0 Å². The van der Waals surface area contributed by atoms with Crippen LogP contribution in [0.4, 0.5) is 0 Å². The molecule has 0 radical (unpaired) electrons. The second-order valence-corrected chi connectivity index (χ2v) is 7.32. The molecule has 0 unspecified atom stereocenters. The Kier molecular flexibility index (Phi) is 7.06. The molecule has 0 spiro atoms. The number of nitrogens with one attached hydrogen (secondary N) is 1. The monoisotopic (exact) mass is 336 g/mol. The summed E-state index contributed by atoms with van der Waals surface area (Å²) in [5.74, 6) is 0.528. The lowest BCUT2D eigenvalue weighted by Gasteiger charge is -2.32. The van der Waals surface area contributed by atoms with Gasteiger partial charge in [0, 0.05) is 17.2 Å². The molecule has 2 amide bonds. The summed E-state index contributed by atoms with van der Waals surface area (Å²) in [7, 11) is 1.61. The van der Waals surface area contributed by atoms with Crippen molar-refractivity contribution < 1.29 is 14.3 Å². The van der Waals surface area contributed by atoms with Crippen LogP contribution in [0.3, 0.4) is 0 Å². The van der Waals surface area contributed by atoms with Gasteiger partial charge in [-0.3, -0.25) is 9.59 Å². The summed E-state index contributed by atoms with van der Waals surface area (Å²) in [4.78, 5) is 27.1. The average molecular weight is 336 g/mol. The molecule has 0 aromatic rings. The summed E-state index contributed by atoms with van der Waals surface area (Å²) in [6, 6.07) is -0.673. The van der Waals surface area contributed by atoms with Crippen LogP contribution in [-0.2, 0) is 14.3 Å². The lowest BCUT2D eigenvalue weighted by Crippen LogP contribution is -2.52. The number of nitrogens with zero attached hydrogens (tertiary/aromatic N) is 1. The molecule has 1 N–H and O–H groups in total. The normalized spacial score (nSPS) is 19.1. The Balaban J connectivity index is 3.01. The third-order valence-electron chi connectivity index (χ3n) is 4.16. The number of hydrogen-bond acceptors (Lipinski definition) is 3. The summed E-state index contributed by atoms with van der Waals surface area (Å²) < 4.78 is 5.42. The van der Waals surface area contributed by atoms with Crippen LogP contribution in [0.5, 0.6) is 0 Å². The molecule has 0 aromatic carbocycles. The summed E-state index contributed by atoms with van der Waals surface area (Å²) in [5.41, 5.74) is 0.0916. The van der Waals surface area contributed by atoms with Gasteiger partial charge in [-0.25, -0.2) is 0 Å².